The Morgan fingerprint density at radius 2 is 1.22 bits per heavy atom. The summed E-state index contributed by atoms with van der Waals surface area (Å²) in [5, 5.41) is 0. The fourth-order valence-electron chi connectivity index (χ4n) is 1.59. The van der Waals surface area contributed by atoms with E-state index in [2.05, 4.69) is 0 Å². The Balaban J connectivity index is 0.000000231. The van der Waals surface area contributed by atoms with Gasteiger partial charge in [-0.05, 0) is 29.8 Å². The van der Waals surface area contributed by atoms with Gasteiger partial charge in [-0.25, -0.2) is 0 Å². The Morgan fingerprint density at radius 3 is 1.61 bits per heavy atom. The fraction of sp³-hybridized carbons (Fsp3) is 0.200. The average Bonchev–Trinajstić information content (AvgIpc) is 2.46. The molecule has 4 N–H and O–H groups in total. The first-order chi connectivity index (χ1) is 10.5. The van der Waals surface area contributed by atoms with Crippen LogP contribution in [0.1, 0.15) is 16.7 Å². The number of rotatable bonds is 1. The lowest BCUT2D eigenvalue weighted by molar-refractivity contribution is -0.138. The third kappa shape index (κ3) is 6.19. The van der Waals surface area contributed by atoms with E-state index in [1.807, 2.05) is 0 Å². The lowest BCUT2D eigenvalue weighted by Gasteiger charge is -2.06. The zero-order valence-electron chi connectivity index (χ0n) is 11.7. The van der Waals surface area contributed by atoms with Gasteiger partial charge in [0, 0.05) is 12.2 Å². The van der Waals surface area contributed by atoms with E-state index in [1.54, 1.807) is 6.07 Å². The van der Waals surface area contributed by atoms with Crippen LogP contribution in [0, 0.1) is 0 Å². The van der Waals surface area contributed by atoms with Crippen molar-refractivity contribution >= 4 is 5.69 Å². The molecule has 2 rings (SSSR count). The standard InChI is InChI=1S/C8H8F3N.C7H6F3N/c9-8(10,11)7-3-1-2-6(4-7)5-12;8-7(9,10)5-2-1-3-6(11)4-5/h1-4H,5,12H2;1-4H,11H2. The molecule has 2 aromatic carbocycles. The zero-order chi connectivity index (χ0) is 17.7. The zero-order valence-corrected chi connectivity index (χ0v) is 11.7. The summed E-state index contributed by atoms with van der Waals surface area (Å²) in [5.74, 6) is 0. The van der Waals surface area contributed by atoms with Crippen LogP contribution in [0.2, 0.25) is 0 Å². The molecule has 126 valence electrons. The number of benzene rings is 2. The number of hydrogen-bond donors (Lipinski definition) is 2. The van der Waals surface area contributed by atoms with Crippen LogP contribution < -0.4 is 11.5 Å². The van der Waals surface area contributed by atoms with E-state index in [1.165, 1.54) is 18.2 Å². The summed E-state index contributed by atoms with van der Waals surface area (Å²) in [4.78, 5) is 0. The molecule has 0 fully saturated rings. The fourth-order valence-corrected chi connectivity index (χ4v) is 1.59. The van der Waals surface area contributed by atoms with E-state index < -0.39 is 23.5 Å². The monoisotopic (exact) mass is 336 g/mol. The highest BCUT2D eigenvalue weighted by atomic mass is 19.4. The van der Waals surface area contributed by atoms with Crippen LogP contribution >= 0.6 is 0 Å². The molecule has 0 bridgehead atoms. The Hall–Kier alpha value is -2.22. The quantitative estimate of drug-likeness (QED) is 0.597. The molecule has 0 aromatic heterocycles. The minimum Gasteiger partial charge on any atom is -0.399 e. The van der Waals surface area contributed by atoms with Crippen molar-refractivity contribution in [3.63, 3.8) is 0 Å². The van der Waals surface area contributed by atoms with Crippen molar-refractivity contribution in [2.24, 2.45) is 5.73 Å². The molecule has 0 saturated carbocycles. The predicted octanol–water partition coefficient (Wildman–Crippen LogP) is 4.45. The van der Waals surface area contributed by atoms with Gasteiger partial charge in [0.1, 0.15) is 0 Å². The van der Waals surface area contributed by atoms with Crippen molar-refractivity contribution in [3.05, 3.63) is 65.2 Å². The first-order valence-electron chi connectivity index (χ1n) is 6.33. The summed E-state index contributed by atoms with van der Waals surface area (Å²) >= 11 is 0. The Bertz CT molecular complexity index is 634. The molecule has 0 unspecified atom stereocenters. The van der Waals surface area contributed by atoms with E-state index in [0.717, 1.165) is 24.3 Å². The molecule has 0 saturated heterocycles. The van der Waals surface area contributed by atoms with Crippen molar-refractivity contribution in [1.29, 1.82) is 0 Å². The molecule has 2 aromatic rings. The summed E-state index contributed by atoms with van der Waals surface area (Å²) in [6.07, 6.45) is -8.57. The van der Waals surface area contributed by atoms with Gasteiger partial charge < -0.3 is 11.5 Å². The van der Waals surface area contributed by atoms with Crippen LogP contribution in [0.25, 0.3) is 0 Å². The van der Waals surface area contributed by atoms with Crippen LogP contribution in [0.5, 0.6) is 0 Å². The van der Waals surface area contributed by atoms with Crippen molar-refractivity contribution < 1.29 is 26.3 Å². The Morgan fingerprint density at radius 1 is 0.739 bits per heavy atom. The number of nitrogens with two attached hydrogens (primary N) is 2. The summed E-state index contributed by atoms with van der Waals surface area (Å²) in [7, 11) is 0. The predicted molar refractivity (Wildman–Crippen MR) is 75.2 cm³/mol. The second-order valence-corrected chi connectivity index (χ2v) is 4.53. The van der Waals surface area contributed by atoms with Crippen LogP contribution in [0.3, 0.4) is 0 Å². The third-order valence-corrected chi connectivity index (χ3v) is 2.70. The first kappa shape index (κ1) is 18.8. The van der Waals surface area contributed by atoms with Gasteiger partial charge in [-0.1, -0.05) is 24.3 Å². The molecule has 2 nitrogen and oxygen atoms in total. The lowest BCUT2D eigenvalue weighted by Crippen LogP contribution is -2.06. The lowest BCUT2D eigenvalue weighted by atomic mass is 10.1. The van der Waals surface area contributed by atoms with Gasteiger partial charge >= 0.3 is 12.4 Å². The molecular formula is C15H14F6N2. The number of halogens is 6. The van der Waals surface area contributed by atoms with Crippen molar-refractivity contribution in [2.75, 3.05) is 5.73 Å². The molecule has 0 heterocycles. The van der Waals surface area contributed by atoms with Crippen molar-refractivity contribution in [3.8, 4) is 0 Å². The minimum atomic E-state index is -4.30. The number of hydrogen-bond acceptors (Lipinski definition) is 2. The van der Waals surface area contributed by atoms with Crippen LogP contribution in [0.4, 0.5) is 32.0 Å². The summed E-state index contributed by atoms with van der Waals surface area (Å²) < 4.78 is 71.9. The molecule has 0 radical (unpaired) electrons. The number of nitrogen functional groups attached to an aromatic ring is 1. The maximum Gasteiger partial charge on any atom is 0.416 e. The van der Waals surface area contributed by atoms with Gasteiger partial charge in [0.2, 0.25) is 0 Å². The highest BCUT2D eigenvalue weighted by Gasteiger charge is 2.30. The van der Waals surface area contributed by atoms with Gasteiger partial charge in [0.25, 0.3) is 0 Å². The molecule has 0 aliphatic carbocycles. The molecule has 0 aliphatic rings. The average molecular weight is 336 g/mol. The van der Waals surface area contributed by atoms with E-state index in [-0.39, 0.29) is 12.2 Å². The molecule has 0 spiro atoms. The molecule has 0 aliphatic heterocycles. The highest BCUT2D eigenvalue weighted by molar-refractivity contribution is 5.41. The molecule has 0 amide bonds. The second-order valence-electron chi connectivity index (χ2n) is 4.53. The maximum atomic E-state index is 12.1. The highest BCUT2D eigenvalue weighted by Crippen LogP contribution is 2.30. The summed E-state index contributed by atoms with van der Waals surface area (Å²) in [6.45, 7) is 0.129. The topological polar surface area (TPSA) is 52.0 Å². The smallest absolute Gasteiger partial charge is 0.399 e. The van der Waals surface area contributed by atoms with Crippen molar-refractivity contribution in [1.82, 2.24) is 0 Å². The molecular weight excluding hydrogens is 322 g/mol. The van der Waals surface area contributed by atoms with Gasteiger partial charge in [-0.3, -0.25) is 0 Å². The SMILES string of the molecule is NCc1cccc(C(F)(F)F)c1.Nc1cccc(C(F)(F)F)c1. The van der Waals surface area contributed by atoms with Crippen molar-refractivity contribution in [2.45, 2.75) is 18.9 Å². The van der Waals surface area contributed by atoms with Gasteiger partial charge in [-0.15, -0.1) is 0 Å². The van der Waals surface area contributed by atoms with E-state index in [9.17, 15) is 26.3 Å². The van der Waals surface area contributed by atoms with Crippen LogP contribution in [-0.2, 0) is 18.9 Å². The molecule has 23 heavy (non-hydrogen) atoms. The maximum absolute atomic E-state index is 12.1. The van der Waals surface area contributed by atoms with Crippen LogP contribution in [0.15, 0.2) is 48.5 Å². The largest absolute Gasteiger partial charge is 0.416 e. The van der Waals surface area contributed by atoms with Crippen LogP contribution in [-0.4, -0.2) is 0 Å². The normalized spacial score (nSPS) is 11.6. The first-order valence-corrected chi connectivity index (χ1v) is 6.33. The van der Waals surface area contributed by atoms with E-state index >= 15 is 0 Å². The van der Waals surface area contributed by atoms with Gasteiger partial charge in [0.15, 0.2) is 0 Å². The number of alkyl halides is 6. The second kappa shape index (κ2) is 7.36. The van der Waals surface area contributed by atoms with E-state index in [0.29, 0.717) is 5.56 Å². The molecule has 8 heteroatoms. The number of anilines is 1. The van der Waals surface area contributed by atoms with Gasteiger partial charge in [-0.2, -0.15) is 26.3 Å². The minimum absolute atomic E-state index is 0.125. The third-order valence-electron chi connectivity index (χ3n) is 2.70. The summed E-state index contributed by atoms with van der Waals surface area (Å²) in [6, 6.07) is 9.57. The van der Waals surface area contributed by atoms with Gasteiger partial charge in [0.05, 0.1) is 11.1 Å². The van der Waals surface area contributed by atoms with E-state index in [4.69, 9.17) is 11.5 Å². The molecule has 0 atom stereocenters. The summed E-state index contributed by atoms with van der Waals surface area (Å²) in [5.41, 5.74) is 9.61. The Kier molecular flexibility index (Phi) is 6.03. The Labute approximate surface area is 128 Å².